The molecule has 0 bridgehead atoms. The third kappa shape index (κ3) is 12.4. The molecular weight excluding hydrogens is 280 g/mol. The summed E-state index contributed by atoms with van der Waals surface area (Å²) in [6.45, 7) is 2.23. The Bertz CT molecular complexity index is 309. The molecule has 0 spiro atoms. The van der Waals surface area contributed by atoms with Crippen LogP contribution in [0.3, 0.4) is 0 Å². The standard InChI is InChI=1S/C18H32O4/c1-2-3-4-5-6-7-8-9-10-11-12-13-14-15-16(17(19)20)18(21)22/h13-14,16H,2-12,15H2,1H3,(H,19,20)(H,21,22)/b14-13+. The molecule has 0 aliphatic carbocycles. The Morgan fingerprint density at radius 1 is 0.773 bits per heavy atom. The van der Waals surface area contributed by atoms with Gasteiger partial charge in [0.2, 0.25) is 0 Å². The van der Waals surface area contributed by atoms with Crippen LogP contribution in [0.1, 0.15) is 84.0 Å². The average Bonchev–Trinajstić information content (AvgIpc) is 2.46. The molecule has 4 heteroatoms. The van der Waals surface area contributed by atoms with Gasteiger partial charge in [0, 0.05) is 0 Å². The Morgan fingerprint density at radius 2 is 1.23 bits per heavy atom. The molecule has 0 aromatic rings. The molecule has 0 radical (unpaired) electrons. The average molecular weight is 312 g/mol. The number of allylic oxidation sites excluding steroid dienone is 2. The van der Waals surface area contributed by atoms with Gasteiger partial charge in [-0.15, -0.1) is 0 Å². The summed E-state index contributed by atoms with van der Waals surface area (Å²) in [5.41, 5.74) is 0. The molecule has 0 atom stereocenters. The Morgan fingerprint density at radius 3 is 1.68 bits per heavy atom. The summed E-state index contributed by atoms with van der Waals surface area (Å²) >= 11 is 0. The second kappa shape index (κ2) is 14.6. The van der Waals surface area contributed by atoms with Gasteiger partial charge in [0.25, 0.3) is 0 Å². The highest BCUT2D eigenvalue weighted by molar-refractivity contribution is 5.92. The molecule has 0 aromatic heterocycles. The number of unbranched alkanes of at least 4 members (excludes halogenated alkanes) is 10. The van der Waals surface area contributed by atoms with Crippen LogP contribution in [0.4, 0.5) is 0 Å². The maximum Gasteiger partial charge on any atom is 0.318 e. The van der Waals surface area contributed by atoms with Gasteiger partial charge in [-0.05, 0) is 19.3 Å². The first kappa shape index (κ1) is 20.7. The fourth-order valence-corrected chi connectivity index (χ4v) is 2.41. The molecule has 4 nitrogen and oxygen atoms in total. The summed E-state index contributed by atoms with van der Waals surface area (Å²) in [5, 5.41) is 17.4. The number of aliphatic carboxylic acids is 2. The van der Waals surface area contributed by atoms with E-state index in [1.165, 1.54) is 57.8 Å². The lowest BCUT2D eigenvalue weighted by Crippen LogP contribution is -2.22. The molecule has 0 saturated carbocycles. The summed E-state index contributed by atoms with van der Waals surface area (Å²) in [6.07, 6.45) is 17.5. The maximum absolute atomic E-state index is 10.7. The van der Waals surface area contributed by atoms with Crippen molar-refractivity contribution in [3.8, 4) is 0 Å². The third-order valence-electron chi connectivity index (χ3n) is 3.86. The minimum absolute atomic E-state index is 0.0719. The maximum atomic E-state index is 10.7. The van der Waals surface area contributed by atoms with E-state index >= 15 is 0 Å². The number of rotatable bonds is 15. The summed E-state index contributed by atoms with van der Waals surface area (Å²) in [5.74, 6) is -3.85. The zero-order valence-electron chi connectivity index (χ0n) is 13.9. The van der Waals surface area contributed by atoms with E-state index in [1.807, 2.05) is 6.08 Å². The molecule has 0 amide bonds. The topological polar surface area (TPSA) is 74.6 Å². The fourth-order valence-electron chi connectivity index (χ4n) is 2.41. The van der Waals surface area contributed by atoms with Crippen molar-refractivity contribution < 1.29 is 19.8 Å². The van der Waals surface area contributed by atoms with Crippen molar-refractivity contribution in [3.63, 3.8) is 0 Å². The molecule has 0 aromatic carbocycles. The number of carboxylic acid groups (broad SMARTS) is 2. The molecular formula is C18H32O4. The monoisotopic (exact) mass is 312 g/mol. The predicted octanol–water partition coefficient (Wildman–Crippen LogP) is 5.03. The van der Waals surface area contributed by atoms with Crippen molar-refractivity contribution >= 4 is 11.9 Å². The van der Waals surface area contributed by atoms with Gasteiger partial charge in [-0.2, -0.15) is 0 Å². The molecule has 0 heterocycles. The Labute approximate surface area is 134 Å². The van der Waals surface area contributed by atoms with Crippen LogP contribution < -0.4 is 0 Å². The smallest absolute Gasteiger partial charge is 0.318 e. The SMILES string of the molecule is CCCCCCCCCCCC/C=C/CC(C(=O)O)C(=O)O. The van der Waals surface area contributed by atoms with Crippen molar-refractivity contribution in [2.24, 2.45) is 5.92 Å². The summed E-state index contributed by atoms with van der Waals surface area (Å²) < 4.78 is 0. The lowest BCUT2D eigenvalue weighted by Gasteiger charge is -2.03. The van der Waals surface area contributed by atoms with Gasteiger partial charge in [0.15, 0.2) is 5.92 Å². The first-order valence-corrected chi connectivity index (χ1v) is 8.70. The lowest BCUT2D eigenvalue weighted by atomic mass is 10.0. The third-order valence-corrected chi connectivity index (χ3v) is 3.86. The fraction of sp³-hybridized carbons (Fsp3) is 0.778. The first-order chi connectivity index (χ1) is 10.6. The minimum Gasteiger partial charge on any atom is -0.481 e. The van der Waals surface area contributed by atoms with Crippen LogP contribution in [0, 0.1) is 5.92 Å². The van der Waals surface area contributed by atoms with Gasteiger partial charge in [0.1, 0.15) is 0 Å². The van der Waals surface area contributed by atoms with E-state index in [4.69, 9.17) is 10.2 Å². The van der Waals surface area contributed by atoms with E-state index in [0.29, 0.717) is 0 Å². The quantitative estimate of drug-likeness (QED) is 0.253. The van der Waals surface area contributed by atoms with Crippen LogP contribution >= 0.6 is 0 Å². The van der Waals surface area contributed by atoms with E-state index in [9.17, 15) is 9.59 Å². The predicted molar refractivity (Wildman–Crippen MR) is 89.0 cm³/mol. The van der Waals surface area contributed by atoms with Crippen LogP contribution in [0.15, 0.2) is 12.2 Å². The van der Waals surface area contributed by atoms with E-state index in [-0.39, 0.29) is 6.42 Å². The normalized spacial score (nSPS) is 11.4. The Hall–Kier alpha value is -1.32. The van der Waals surface area contributed by atoms with E-state index in [1.54, 1.807) is 6.08 Å². The van der Waals surface area contributed by atoms with Gasteiger partial charge in [-0.3, -0.25) is 9.59 Å². The largest absolute Gasteiger partial charge is 0.481 e. The van der Waals surface area contributed by atoms with Crippen molar-refractivity contribution in [2.75, 3.05) is 0 Å². The van der Waals surface area contributed by atoms with Crippen LogP contribution in [0.25, 0.3) is 0 Å². The zero-order valence-corrected chi connectivity index (χ0v) is 13.9. The molecule has 0 fully saturated rings. The van der Waals surface area contributed by atoms with Gasteiger partial charge >= 0.3 is 11.9 Å². The van der Waals surface area contributed by atoms with Crippen molar-refractivity contribution in [2.45, 2.75) is 84.0 Å². The van der Waals surface area contributed by atoms with Gasteiger partial charge in [0.05, 0.1) is 0 Å². The lowest BCUT2D eigenvalue weighted by molar-refractivity contribution is -0.154. The first-order valence-electron chi connectivity index (χ1n) is 8.70. The Balaban J connectivity index is 3.40. The molecule has 0 unspecified atom stereocenters. The Kier molecular flexibility index (Phi) is 13.7. The van der Waals surface area contributed by atoms with E-state index < -0.39 is 17.9 Å². The highest BCUT2D eigenvalue weighted by Gasteiger charge is 2.23. The summed E-state index contributed by atoms with van der Waals surface area (Å²) in [6, 6.07) is 0. The number of carbonyl (C=O) groups is 2. The number of hydrogen-bond acceptors (Lipinski definition) is 2. The highest BCUT2D eigenvalue weighted by Crippen LogP contribution is 2.12. The zero-order chi connectivity index (χ0) is 16.6. The molecule has 0 aliphatic heterocycles. The second-order valence-electron chi connectivity index (χ2n) is 5.91. The molecule has 0 rings (SSSR count). The van der Waals surface area contributed by atoms with Crippen molar-refractivity contribution in [3.05, 3.63) is 12.2 Å². The molecule has 128 valence electrons. The number of hydrogen-bond donors (Lipinski definition) is 2. The molecule has 0 aliphatic rings. The van der Waals surface area contributed by atoms with Gasteiger partial charge < -0.3 is 10.2 Å². The van der Waals surface area contributed by atoms with E-state index in [2.05, 4.69) is 6.92 Å². The van der Waals surface area contributed by atoms with Gasteiger partial charge in [-0.25, -0.2) is 0 Å². The second-order valence-corrected chi connectivity index (χ2v) is 5.91. The van der Waals surface area contributed by atoms with Gasteiger partial charge in [-0.1, -0.05) is 76.9 Å². The molecule has 0 saturated heterocycles. The van der Waals surface area contributed by atoms with Crippen molar-refractivity contribution in [1.29, 1.82) is 0 Å². The summed E-state index contributed by atoms with van der Waals surface area (Å²) in [4.78, 5) is 21.4. The van der Waals surface area contributed by atoms with Crippen LogP contribution in [-0.2, 0) is 9.59 Å². The number of carboxylic acids is 2. The van der Waals surface area contributed by atoms with Crippen LogP contribution in [-0.4, -0.2) is 22.2 Å². The van der Waals surface area contributed by atoms with Crippen LogP contribution in [0.5, 0.6) is 0 Å². The minimum atomic E-state index is -1.32. The summed E-state index contributed by atoms with van der Waals surface area (Å²) in [7, 11) is 0. The molecule has 2 N–H and O–H groups in total. The molecule has 22 heavy (non-hydrogen) atoms. The van der Waals surface area contributed by atoms with Crippen molar-refractivity contribution in [1.82, 2.24) is 0 Å². The van der Waals surface area contributed by atoms with E-state index in [0.717, 1.165) is 12.8 Å². The van der Waals surface area contributed by atoms with Crippen LogP contribution in [0.2, 0.25) is 0 Å². The highest BCUT2D eigenvalue weighted by atomic mass is 16.4.